The highest BCUT2D eigenvalue weighted by Crippen LogP contribution is 2.35. The fourth-order valence-corrected chi connectivity index (χ4v) is 3.63. The van der Waals surface area contributed by atoms with E-state index in [4.69, 9.17) is 9.47 Å². The number of nitrogens with one attached hydrogen (secondary N) is 3. The van der Waals surface area contributed by atoms with Crippen LogP contribution < -0.4 is 29.9 Å². The number of anilines is 1. The lowest BCUT2D eigenvalue weighted by molar-refractivity contribution is -0.896. The van der Waals surface area contributed by atoms with Gasteiger partial charge in [0.2, 0.25) is 5.91 Å². The molecule has 0 bridgehead atoms. The van der Waals surface area contributed by atoms with Crippen molar-refractivity contribution in [1.82, 2.24) is 10.6 Å². The van der Waals surface area contributed by atoms with Gasteiger partial charge in [0.05, 0.1) is 25.7 Å². The second-order valence-corrected chi connectivity index (χ2v) is 7.19. The van der Waals surface area contributed by atoms with Crippen LogP contribution in [-0.4, -0.2) is 63.9 Å². The number of urea groups is 1. The number of carbonyl (C=O) groups is 2. The molecule has 1 aromatic carbocycles. The smallest absolute Gasteiger partial charge is 0.315 e. The summed E-state index contributed by atoms with van der Waals surface area (Å²) in [4.78, 5) is 27.8. The van der Waals surface area contributed by atoms with Gasteiger partial charge in [-0.3, -0.25) is 4.79 Å². The monoisotopic (exact) mass is 391 g/mol. The Morgan fingerprint density at radius 1 is 1.21 bits per heavy atom. The molecule has 2 heterocycles. The van der Waals surface area contributed by atoms with E-state index in [1.54, 1.807) is 4.90 Å². The van der Waals surface area contributed by atoms with E-state index in [0.29, 0.717) is 44.2 Å². The average molecular weight is 391 g/mol. The van der Waals surface area contributed by atoms with Crippen molar-refractivity contribution in [3.05, 3.63) is 18.2 Å². The third-order valence-electron chi connectivity index (χ3n) is 5.29. The molecule has 3 amide bonds. The van der Waals surface area contributed by atoms with Crippen LogP contribution in [0, 0.1) is 0 Å². The molecule has 3 N–H and O–H groups in total. The van der Waals surface area contributed by atoms with Crippen LogP contribution >= 0.6 is 0 Å². The van der Waals surface area contributed by atoms with Crippen LogP contribution in [0.15, 0.2) is 18.2 Å². The molecule has 2 aliphatic heterocycles. The quantitative estimate of drug-likeness (QED) is 0.552. The maximum atomic E-state index is 12.4. The number of quaternary nitrogens is 1. The molecule has 1 aromatic rings. The van der Waals surface area contributed by atoms with E-state index in [1.165, 1.54) is 4.90 Å². The van der Waals surface area contributed by atoms with Crippen LogP contribution in [0.4, 0.5) is 10.5 Å². The molecule has 0 spiro atoms. The summed E-state index contributed by atoms with van der Waals surface area (Å²) in [7, 11) is 0. The summed E-state index contributed by atoms with van der Waals surface area (Å²) in [6.45, 7) is 9.72. The Bertz CT molecular complexity index is 693. The number of ether oxygens (including phenoxy) is 2. The summed E-state index contributed by atoms with van der Waals surface area (Å²) in [6.07, 6.45) is 1.24. The van der Waals surface area contributed by atoms with Crippen molar-refractivity contribution < 1.29 is 24.0 Å². The molecule has 1 atom stereocenters. The average Bonchev–Trinajstić information content (AvgIpc) is 3.07. The summed E-state index contributed by atoms with van der Waals surface area (Å²) in [6, 6.07) is 5.08. The van der Waals surface area contributed by atoms with Crippen molar-refractivity contribution in [3.8, 4) is 11.5 Å². The third-order valence-corrected chi connectivity index (χ3v) is 5.29. The summed E-state index contributed by atoms with van der Waals surface area (Å²) < 4.78 is 11.1. The Labute approximate surface area is 166 Å². The number of nitrogens with zero attached hydrogens (tertiary/aromatic N) is 1. The molecule has 1 fully saturated rings. The van der Waals surface area contributed by atoms with E-state index in [2.05, 4.69) is 24.5 Å². The topological polar surface area (TPSA) is 84.3 Å². The first-order valence-electron chi connectivity index (χ1n) is 10.2. The molecule has 0 aliphatic carbocycles. The molecule has 0 radical (unpaired) electrons. The highest BCUT2D eigenvalue weighted by molar-refractivity contribution is 5.97. The van der Waals surface area contributed by atoms with Gasteiger partial charge in [0.15, 0.2) is 11.5 Å². The fourth-order valence-electron chi connectivity index (χ4n) is 3.63. The third kappa shape index (κ3) is 5.07. The predicted octanol–water partition coefficient (Wildman–Crippen LogP) is 0.177. The molecule has 2 aliphatic rings. The summed E-state index contributed by atoms with van der Waals surface area (Å²) in [5, 5.41) is 5.81. The van der Waals surface area contributed by atoms with Crippen LogP contribution in [-0.2, 0) is 4.79 Å². The van der Waals surface area contributed by atoms with Crippen molar-refractivity contribution in [2.45, 2.75) is 32.7 Å². The van der Waals surface area contributed by atoms with Crippen LogP contribution in [0.25, 0.3) is 0 Å². The van der Waals surface area contributed by atoms with E-state index < -0.39 is 0 Å². The maximum absolute atomic E-state index is 12.4. The van der Waals surface area contributed by atoms with Crippen LogP contribution in [0.1, 0.15) is 26.7 Å². The molecular formula is C20H31N4O4+. The molecule has 154 valence electrons. The van der Waals surface area contributed by atoms with Gasteiger partial charge in [-0.15, -0.1) is 0 Å². The van der Waals surface area contributed by atoms with Crippen LogP contribution in [0.5, 0.6) is 11.5 Å². The van der Waals surface area contributed by atoms with Crippen molar-refractivity contribution in [2.75, 3.05) is 50.8 Å². The number of hydrogen-bond acceptors (Lipinski definition) is 4. The number of hydrogen-bond donors (Lipinski definition) is 3. The van der Waals surface area contributed by atoms with E-state index in [1.807, 2.05) is 18.2 Å². The Morgan fingerprint density at radius 3 is 2.71 bits per heavy atom. The van der Waals surface area contributed by atoms with Gasteiger partial charge < -0.3 is 29.9 Å². The lowest BCUT2D eigenvalue weighted by Crippen LogP contribution is -3.11. The molecule has 0 unspecified atom stereocenters. The number of carbonyl (C=O) groups excluding carboxylic acids is 2. The Hall–Kier alpha value is -2.48. The van der Waals surface area contributed by atoms with Crippen LogP contribution in [0.3, 0.4) is 0 Å². The first kappa shape index (κ1) is 20.3. The number of benzene rings is 1. The Morgan fingerprint density at radius 2 is 1.96 bits per heavy atom. The summed E-state index contributed by atoms with van der Waals surface area (Å²) in [5.74, 6) is 1.34. The van der Waals surface area contributed by atoms with E-state index in [9.17, 15) is 9.59 Å². The SMILES string of the molecule is CC[NH+](CC)CCCNC(=O)N[C@H]1CC(=O)N(c2ccc3c(c2)OCCO3)C1. The molecule has 0 saturated carbocycles. The van der Waals surface area contributed by atoms with E-state index in [-0.39, 0.29) is 18.0 Å². The lowest BCUT2D eigenvalue weighted by atomic mass is 10.2. The molecule has 0 aromatic heterocycles. The minimum absolute atomic E-state index is 0.00730. The van der Waals surface area contributed by atoms with Gasteiger partial charge in [0.25, 0.3) is 0 Å². The van der Waals surface area contributed by atoms with Crippen molar-refractivity contribution in [1.29, 1.82) is 0 Å². The lowest BCUT2D eigenvalue weighted by Gasteiger charge is -2.22. The van der Waals surface area contributed by atoms with Crippen LogP contribution in [0.2, 0.25) is 0 Å². The van der Waals surface area contributed by atoms with E-state index in [0.717, 1.165) is 31.7 Å². The zero-order valence-corrected chi connectivity index (χ0v) is 16.8. The molecule has 1 saturated heterocycles. The standard InChI is InChI=1S/C20H30N4O4/c1-3-23(4-2)9-5-8-21-20(26)22-15-12-19(25)24(14-15)16-6-7-17-18(13-16)28-11-10-27-17/h6-7,13,15H,3-5,8-12,14H2,1-2H3,(H2,21,22,26)/p+1/t15-/m0/s1. The predicted molar refractivity (Wildman–Crippen MR) is 106 cm³/mol. The van der Waals surface area contributed by atoms with Gasteiger partial charge in [-0.25, -0.2) is 4.79 Å². The highest BCUT2D eigenvalue weighted by atomic mass is 16.6. The van der Waals surface area contributed by atoms with Crippen molar-refractivity contribution >= 4 is 17.6 Å². The number of rotatable bonds is 8. The van der Waals surface area contributed by atoms with Crippen molar-refractivity contribution in [3.63, 3.8) is 0 Å². The molecule has 3 rings (SSSR count). The molecule has 8 nitrogen and oxygen atoms in total. The minimum atomic E-state index is -0.212. The second-order valence-electron chi connectivity index (χ2n) is 7.19. The zero-order chi connectivity index (χ0) is 19.9. The first-order chi connectivity index (χ1) is 13.6. The normalized spacial score (nSPS) is 18.5. The van der Waals surface area contributed by atoms with Crippen molar-refractivity contribution in [2.24, 2.45) is 0 Å². The van der Waals surface area contributed by atoms with Gasteiger partial charge in [-0.05, 0) is 26.0 Å². The largest absolute Gasteiger partial charge is 0.486 e. The van der Waals surface area contributed by atoms with Gasteiger partial charge in [0, 0.05) is 37.7 Å². The van der Waals surface area contributed by atoms with E-state index >= 15 is 0 Å². The first-order valence-corrected chi connectivity index (χ1v) is 10.2. The fraction of sp³-hybridized carbons (Fsp3) is 0.600. The molecular weight excluding hydrogens is 360 g/mol. The Balaban J connectivity index is 1.46. The second kappa shape index (κ2) is 9.64. The van der Waals surface area contributed by atoms with Gasteiger partial charge >= 0.3 is 6.03 Å². The number of amides is 3. The minimum Gasteiger partial charge on any atom is -0.486 e. The highest BCUT2D eigenvalue weighted by Gasteiger charge is 2.32. The zero-order valence-electron chi connectivity index (χ0n) is 16.8. The van der Waals surface area contributed by atoms with Gasteiger partial charge in [-0.1, -0.05) is 0 Å². The Kier molecular flexibility index (Phi) is 6.97. The van der Waals surface area contributed by atoms with Gasteiger partial charge in [-0.2, -0.15) is 0 Å². The summed E-state index contributed by atoms with van der Waals surface area (Å²) in [5.41, 5.74) is 0.765. The maximum Gasteiger partial charge on any atom is 0.315 e. The molecule has 8 heteroatoms. The summed E-state index contributed by atoms with van der Waals surface area (Å²) >= 11 is 0. The molecule has 28 heavy (non-hydrogen) atoms. The van der Waals surface area contributed by atoms with Gasteiger partial charge in [0.1, 0.15) is 13.2 Å². The number of fused-ring (bicyclic) bond motifs is 1.